The predicted molar refractivity (Wildman–Crippen MR) is 86.2 cm³/mol. The Morgan fingerprint density at radius 3 is 2.77 bits per heavy atom. The zero-order valence-electron chi connectivity index (χ0n) is 14.1. The van der Waals surface area contributed by atoms with Gasteiger partial charge in [-0.15, -0.1) is 0 Å². The average molecular weight is 310 g/mol. The van der Waals surface area contributed by atoms with Crippen molar-refractivity contribution in [1.29, 1.82) is 0 Å². The highest BCUT2D eigenvalue weighted by Crippen LogP contribution is 2.25. The molecule has 6 heteroatoms. The Balaban J connectivity index is 1.96. The van der Waals surface area contributed by atoms with E-state index in [4.69, 9.17) is 5.73 Å². The fourth-order valence-electron chi connectivity index (χ4n) is 3.49. The molecule has 2 aliphatic heterocycles. The van der Waals surface area contributed by atoms with Crippen LogP contribution in [-0.4, -0.2) is 78.9 Å². The van der Waals surface area contributed by atoms with Crippen molar-refractivity contribution >= 4 is 11.8 Å². The minimum absolute atomic E-state index is 0.00815. The normalized spacial score (nSPS) is 27.6. The quantitative estimate of drug-likeness (QED) is 0.783. The van der Waals surface area contributed by atoms with Gasteiger partial charge in [-0.1, -0.05) is 0 Å². The van der Waals surface area contributed by atoms with Crippen molar-refractivity contribution in [2.24, 2.45) is 11.7 Å². The largest absolute Gasteiger partial charge is 0.341 e. The maximum absolute atomic E-state index is 12.8. The van der Waals surface area contributed by atoms with E-state index in [1.165, 1.54) is 0 Å². The number of amides is 2. The van der Waals surface area contributed by atoms with Gasteiger partial charge in [0, 0.05) is 44.7 Å². The van der Waals surface area contributed by atoms with Crippen molar-refractivity contribution in [3.8, 4) is 0 Å². The van der Waals surface area contributed by atoms with Gasteiger partial charge in [0.1, 0.15) is 0 Å². The molecule has 22 heavy (non-hydrogen) atoms. The number of nitrogens with zero attached hydrogens (tertiary/aromatic N) is 3. The zero-order valence-corrected chi connectivity index (χ0v) is 14.1. The lowest BCUT2D eigenvalue weighted by molar-refractivity contribution is -0.139. The molecule has 2 aliphatic rings. The van der Waals surface area contributed by atoms with Crippen LogP contribution in [0.3, 0.4) is 0 Å². The first-order chi connectivity index (χ1) is 10.4. The summed E-state index contributed by atoms with van der Waals surface area (Å²) in [6.45, 7) is 4.85. The summed E-state index contributed by atoms with van der Waals surface area (Å²) in [6, 6.07) is 0.123. The fraction of sp³-hybridized carbons (Fsp3) is 0.875. The van der Waals surface area contributed by atoms with E-state index in [9.17, 15) is 9.59 Å². The van der Waals surface area contributed by atoms with Crippen LogP contribution >= 0.6 is 0 Å². The molecule has 2 fully saturated rings. The Kier molecular flexibility index (Phi) is 5.81. The van der Waals surface area contributed by atoms with E-state index in [1.54, 1.807) is 0 Å². The molecule has 2 saturated heterocycles. The van der Waals surface area contributed by atoms with E-state index in [2.05, 4.69) is 4.90 Å². The highest BCUT2D eigenvalue weighted by molar-refractivity contribution is 5.89. The highest BCUT2D eigenvalue weighted by Gasteiger charge is 2.39. The summed E-state index contributed by atoms with van der Waals surface area (Å²) in [4.78, 5) is 30.8. The molecular formula is C16H30N4O2. The molecule has 3 unspecified atom stereocenters. The molecule has 126 valence electrons. The van der Waals surface area contributed by atoms with Crippen LogP contribution in [0, 0.1) is 5.92 Å². The van der Waals surface area contributed by atoms with Crippen molar-refractivity contribution in [2.75, 3.05) is 40.3 Å². The molecule has 0 aliphatic carbocycles. The smallest absolute Gasteiger partial charge is 0.228 e. The molecule has 0 aromatic rings. The van der Waals surface area contributed by atoms with Gasteiger partial charge in [0.15, 0.2) is 0 Å². The van der Waals surface area contributed by atoms with Gasteiger partial charge in [-0.3, -0.25) is 9.59 Å². The lowest BCUT2D eigenvalue weighted by Crippen LogP contribution is -2.53. The summed E-state index contributed by atoms with van der Waals surface area (Å²) in [7, 11) is 3.98. The van der Waals surface area contributed by atoms with Crippen LogP contribution in [0.15, 0.2) is 0 Å². The number of carbonyl (C=O) groups excluding carboxylic acids is 2. The summed E-state index contributed by atoms with van der Waals surface area (Å²) in [6.07, 6.45) is 3.51. The van der Waals surface area contributed by atoms with Crippen LogP contribution in [-0.2, 0) is 9.59 Å². The lowest BCUT2D eigenvalue weighted by atomic mass is 9.94. The SMILES string of the molecule is CC(N)C1CCCCN1C(=O)C1CC(=O)N(CCN(C)C)C1. The molecule has 0 spiro atoms. The van der Waals surface area contributed by atoms with Crippen molar-refractivity contribution in [3.63, 3.8) is 0 Å². The number of rotatable bonds is 5. The second-order valence-corrected chi connectivity index (χ2v) is 7.00. The Hall–Kier alpha value is -1.14. The number of piperidine rings is 1. The summed E-state index contributed by atoms with van der Waals surface area (Å²) >= 11 is 0. The monoisotopic (exact) mass is 310 g/mol. The van der Waals surface area contributed by atoms with Gasteiger partial charge in [-0.2, -0.15) is 0 Å². The molecule has 0 saturated carbocycles. The minimum atomic E-state index is -0.186. The van der Waals surface area contributed by atoms with Gasteiger partial charge in [-0.25, -0.2) is 0 Å². The molecule has 2 heterocycles. The second kappa shape index (κ2) is 7.42. The Morgan fingerprint density at radius 2 is 2.14 bits per heavy atom. The number of hydrogen-bond acceptors (Lipinski definition) is 4. The summed E-state index contributed by atoms with van der Waals surface area (Å²) in [5, 5.41) is 0. The number of likely N-dealkylation sites (tertiary alicyclic amines) is 2. The second-order valence-electron chi connectivity index (χ2n) is 7.00. The first-order valence-electron chi connectivity index (χ1n) is 8.38. The number of likely N-dealkylation sites (N-methyl/N-ethyl adjacent to an activating group) is 1. The van der Waals surface area contributed by atoms with Gasteiger partial charge in [0.05, 0.1) is 5.92 Å². The lowest BCUT2D eigenvalue weighted by Gasteiger charge is -2.39. The first kappa shape index (κ1) is 17.2. The molecule has 2 rings (SSSR count). The molecule has 0 aromatic heterocycles. The molecule has 2 N–H and O–H groups in total. The van der Waals surface area contributed by atoms with Crippen molar-refractivity contribution in [2.45, 2.75) is 44.7 Å². The van der Waals surface area contributed by atoms with E-state index in [-0.39, 0.29) is 29.8 Å². The van der Waals surface area contributed by atoms with Crippen molar-refractivity contribution < 1.29 is 9.59 Å². The minimum Gasteiger partial charge on any atom is -0.341 e. The summed E-state index contributed by atoms with van der Waals surface area (Å²) in [5.41, 5.74) is 6.05. The Bertz CT molecular complexity index is 411. The maximum atomic E-state index is 12.8. The average Bonchev–Trinajstić information content (AvgIpc) is 2.85. The number of nitrogens with two attached hydrogens (primary N) is 1. The molecular weight excluding hydrogens is 280 g/mol. The topological polar surface area (TPSA) is 69.9 Å². The Labute approximate surface area is 133 Å². The van der Waals surface area contributed by atoms with Gasteiger partial charge in [0.2, 0.25) is 11.8 Å². The molecule has 6 nitrogen and oxygen atoms in total. The molecule has 0 bridgehead atoms. The van der Waals surface area contributed by atoms with Gasteiger partial charge in [-0.05, 0) is 40.3 Å². The van der Waals surface area contributed by atoms with E-state index in [0.29, 0.717) is 19.5 Å². The van der Waals surface area contributed by atoms with Gasteiger partial charge >= 0.3 is 0 Å². The third kappa shape index (κ3) is 3.98. The van der Waals surface area contributed by atoms with Gasteiger partial charge in [0.25, 0.3) is 0 Å². The fourth-order valence-corrected chi connectivity index (χ4v) is 3.49. The van der Waals surface area contributed by atoms with E-state index in [1.807, 2.05) is 30.8 Å². The third-order valence-corrected chi connectivity index (χ3v) is 4.82. The van der Waals surface area contributed by atoms with Crippen LogP contribution in [0.2, 0.25) is 0 Å². The molecule has 0 aromatic carbocycles. The van der Waals surface area contributed by atoms with Crippen molar-refractivity contribution in [3.05, 3.63) is 0 Å². The predicted octanol–water partition coefficient (Wildman–Crippen LogP) is 0.125. The Morgan fingerprint density at radius 1 is 1.41 bits per heavy atom. The standard InChI is InChI=1S/C16H30N4O2/c1-12(17)14-6-4-5-7-20(14)16(22)13-10-15(21)19(11-13)9-8-18(2)3/h12-14H,4-11,17H2,1-3H3. The van der Waals surface area contributed by atoms with Crippen LogP contribution in [0.1, 0.15) is 32.6 Å². The van der Waals surface area contributed by atoms with E-state index < -0.39 is 0 Å². The molecule has 3 atom stereocenters. The summed E-state index contributed by atoms with van der Waals surface area (Å²) < 4.78 is 0. The maximum Gasteiger partial charge on any atom is 0.228 e. The summed E-state index contributed by atoms with van der Waals surface area (Å²) in [5.74, 6) is 0.0475. The van der Waals surface area contributed by atoms with Crippen molar-refractivity contribution in [1.82, 2.24) is 14.7 Å². The zero-order chi connectivity index (χ0) is 16.3. The van der Waals surface area contributed by atoms with Crippen LogP contribution < -0.4 is 5.73 Å². The first-order valence-corrected chi connectivity index (χ1v) is 8.38. The van der Waals surface area contributed by atoms with Crippen LogP contribution in [0.25, 0.3) is 0 Å². The third-order valence-electron chi connectivity index (χ3n) is 4.82. The van der Waals surface area contributed by atoms with E-state index in [0.717, 1.165) is 32.4 Å². The molecule has 0 radical (unpaired) electrons. The number of hydrogen-bond donors (Lipinski definition) is 1. The van der Waals surface area contributed by atoms with Crippen LogP contribution in [0.5, 0.6) is 0 Å². The van der Waals surface area contributed by atoms with Gasteiger partial charge < -0.3 is 20.4 Å². The highest BCUT2D eigenvalue weighted by atomic mass is 16.2. The van der Waals surface area contributed by atoms with Crippen LogP contribution in [0.4, 0.5) is 0 Å². The number of carbonyl (C=O) groups is 2. The molecule has 2 amide bonds. The van der Waals surface area contributed by atoms with E-state index >= 15 is 0 Å².